The lowest BCUT2D eigenvalue weighted by molar-refractivity contribution is 0.00578. The number of rotatable bonds is 2. The highest BCUT2D eigenvalue weighted by Gasteiger charge is 2.51. The van der Waals surface area contributed by atoms with Crippen molar-refractivity contribution in [3.05, 3.63) is 78.9 Å². The highest BCUT2D eigenvalue weighted by molar-refractivity contribution is 6.62. The molecule has 0 unspecified atom stereocenters. The Kier molecular flexibility index (Phi) is 4.11. The molecule has 0 saturated carbocycles. The molecule has 0 spiro atoms. The summed E-state index contributed by atoms with van der Waals surface area (Å²) in [6.45, 7) is 8.32. The number of benzene rings is 4. The quantitative estimate of drug-likeness (QED) is 0.298. The van der Waals surface area contributed by atoms with Crippen molar-refractivity contribution in [3.8, 4) is 11.1 Å². The first-order chi connectivity index (χ1) is 15.3. The van der Waals surface area contributed by atoms with E-state index in [-0.39, 0.29) is 18.3 Å². The molecule has 2 heterocycles. The standard InChI is InChI=1S/C28H25BO3/c1-27(2)28(3,4)32-29(31-27)21-10-7-9-19(16-21)20-13-14-23-24-15-12-18-8-5-6-11-22(18)26(24)30-25(23)17-20/h5-17H,1-4H3. The van der Waals surface area contributed by atoms with Gasteiger partial charge in [-0.25, -0.2) is 0 Å². The van der Waals surface area contributed by atoms with Crippen LogP contribution in [0.15, 0.2) is 83.3 Å². The Labute approximate surface area is 188 Å². The van der Waals surface area contributed by atoms with Gasteiger partial charge in [-0.2, -0.15) is 0 Å². The zero-order valence-corrected chi connectivity index (χ0v) is 18.8. The minimum atomic E-state index is -0.374. The van der Waals surface area contributed by atoms with Crippen molar-refractivity contribution in [2.75, 3.05) is 0 Å². The summed E-state index contributed by atoms with van der Waals surface area (Å²) in [7, 11) is -0.374. The molecule has 0 atom stereocenters. The van der Waals surface area contributed by atoms with Gasteiger partial charge in [-0.1, -0.05) is 60.7 Å². The van der Waals surface area contributed by atoms with Crippen LogP contribution in [0.25, 0.3) is 43.8 Å². The Bertz CT molecular complexity index is 1480. The van der Waals surface area contributed by atoms with E-state index in [0.717, 1.165) is 43.9 Å². The molecular formula is C28H25BO3. The number of fused-ring (bicyclic) bond motifs is 5. The number of furan rings is 1. The lowest BCUT2D eigenvalue weighted by Gasteiger charge is -2.32. The van der Waals surface area contributed by atoms with Gasteiger partial charge in [-0.15, -0.1) is 0 Å². The van der Waals surface area contributed by atoms with Crippen molar-refractivity contribution in [1.82, 2.24) is 0 Å². The van der Waals surface area contributed by atoms with Crippen LogP contribution in [0.2, 0.25) is 0 Å². The highest BCUT2D eigenvalue weighted by atomic mass is 16.7. The monoisotopic (exact) mass is 420 g/mol. The molecule has 0 aliphatic carbocycles. The van der Waals surface area contributed by atoms with E-state index in [0.29, 0.717) is 0 Å². The summed E-state index contributed by atoms with van der Waals surface area (Å²) in [6, 6.07) is 27.5. The average Bonchev–Trinajstić information content (AvgIpc) is 3.26. The smallest absolute Gasteiger partial charge is 0.455 e. The SMILES string of the molecule is CC1(C)OB(c2cccc(-c3ccc4c(c3)oc3c5ccccc5ccc43)c2)OC1(C)C. The molecule has 5 aromatic rings. The largest absolute Gasteiger partial charge is 0.494 e. The van der Waals surface area contributed by atoms with E-state index in [2.05, 4.69) is 107 Å². The summed E-state index contributed by atoms with van der Waals surface area (Å²) in [5.74, 6) is 0. The third-order valence-electron chi connectivity index (χ3n) is 7.11. The van der Waals surface area contributed by atoms with Crippen molar-refractivity contribution in [2.45, 2.75) is 38.9 Å². The Hall–Kier alpha value is -3.08. The molecule has 1 aromatic heterocycles. The normalized spacial score (nSPS) is 17.6. The van der Waals surface area contributed by atoms with Crippen LogP contribution in [0.4, 0.5) is 0 Å². The fraction of sp³-hybridized carbons (Fsp3) is 0.214. The molecule has 3 nitrogen and oxygen atoms in total. The van der Waals surface area contributed by atoms with Gasteiger partial charge in [0.15, 0.2) is 0 Å². The molecule has 0 N–H and O–H groups in total. The van der Waals surface area contributed by atoms with Crippen molar-refractivity contribution in [2.24, 2.45) is 0 Å². The van der Waals surface area contributed by atoms with E-state index in [4.69, 9.17) is 13.7 Å². The van der Waals surface area contributed by atoms with Gasteiger partial charge in [0.1, 0.15) is 11.2 Å². The summed E-state index contributed by atoms with van der Waals surface area (Å²) in [5.41, 5.74) is 4.38. The van der Waals surface area contributed by atoms with E-state index in [1.54, 1.807) is 0 Å². The van der Waals surface area contributed by atoms with E-state index in [9.17, 15) is 0 Å². The molecule has 158 valence electrons. The Morgan fingerprint density at radius 2 is 1.34 bits per heavy atom. The second-order valence-electron chi connectivity index (χ2n) is 9.69. The summed E-state index contributed by atoms with van der Waals surface area (Å²) >= 11 is 0. The van der Waals surface area contributed by atoms with Crippen molar-refractivity contribution in [1.29, 1.82) is 0 Å². The first kappa shape index (κ1) is 19.6. The van der Waals surface area contributed by atoms with Crippen LogP contribution in [-0.2, 0) is 9.31 Å². The maximum absolute atomic E-state index is 6.36. The van der Waals surface area contributed by atoms with Gasteiger partial charge in [-0.3, -0.25) is 0 Å². The lowest BCUT2D eigenvalue weighted by Crippen LogP contribution is -2.41. The lowest BCUT2D eigenvalue weighted by atomic mass is 9.78. The maximum atomic E-state index is 6.36. The molecule has 1 aliphatic rings. The Morgan fingerprint density at radius 3 is 2.16 bits per heavy atom. The summed E-state index contributed by atoms with van der Waals surface area (Å²) in [5, 5.41) is 4.62. The zero-order valence-electron chi connectivity index (χ0n) is 18.8. The van der Waals surface area contributed by atoms with Gasteiger partial charge in [-0.05, 0) is 67.9 Å². The second kappa shape index (κ2) is 6.71. The van der Waals surface area contributed by atoms with Gasteiger partial charge < -0.3 is 13.7 Å². The summed E-state index contributed by atoms with van der Waals surface area (Å²) in [4.78, 5) is 0. The van der Waals surface area contributed by atoms with Crippen molar-refractivity contribution < 1.29 is 13.7 Å². The van der Waals surface area contributed by atoms with Crippen LogP contribution in [-0.4, -0.2) is 18.3 Å². The predicted molar refractivity (Wildman–Crippen MR) is 132 cm³/mol. The second-order valence-corrected chi connectivity index (χ2v) is 9.69. The molecule has 1 aliphatic heterocycles. The van der Waals surface area contributed by atoms with Crippen molar-refractivity contribution >= 4 is 45.3 Å². The highest BCUT2D eigenvalue weighted by Crippen LogP contribution is 2.38. The molecule has 0 radical (unpaired) electrons. The minimum Gasteiger partial charge on any atom is -0.455 e. The molecule has 0 amide bonds. The van der Waals surface area contributed by atoms with E-state index >= 15 is 0 Å². The molecule has 1 fully saturated rings. The van der Waals surface area contributed by atoms with Crippen LogP contribution in [0.1, 0.15) is 27.7 Å². The fourth-order valence-corrected chi connectivity index (χ4v) is 4.53. The Morgan fingerprint density at radius 1 is 0.625 bits per heavy atom. The third kappa shape index (κ3) is 2.91. The van der Waals surface area contributed by atoms with E-state index in [1.165, 1.54) is 5.39 Å². The first-order valence-corrected chi connectivity index (χ1v) is 11.1. The molecule has 4 heteroatoms. The van der Waals surface area contributed by atoms with Crippen LogP contribution >= 0.6 is 0 Å². The van der Waals surface area contributed by atoms with Crippen LogP contribution < -0.4 is 5.46 Å². The van der Waals surface area contributed by atoms with Crippen LogP contribution in [0, 0.1) is 0 Å². The number of hydrogen-bond acceptors (Lipinski definition) is 3. The molecule has 1 saturated heterocycles. The van der Waals surface area contributed by atoms with Gasteiger partial charge in [0.25, 0.3) is 0 Å². The van der Waals surface area contributed by atoms with Crippen molar-refractivity contribution in [3.63, 3.8) is 0 Å². The van der Waals surface area contributed by atoms with Crippen LogP contribution in [0.5, 0.6) is 0 Å². The van der Waals surface area contributed by atoms with Gasteiger partial charge in [0.2, 0.25) is 0 Å². The number of hydrogen-bond donors (Lipinski definition) is 0. The predicted octanol–water partition coefficient (Wildman–Crippen LogP) is 6.71. The van der Waals surface area contributed by atoms with Crippen LogP contribution in [0.3, 0.4) is 0 Å². The molecular weight excluding hydrogens is 395 g/mol. The first-order valence-electron chi connectivity index (χ1n) is 11.1. The topological polar surface area (TPSA) is 31.6 Å². The zero-order chi connectivity index (χ0) is 22.1. The van der Waals surface area contributed by atoms with Gasteiger partial charge in [0.05, 0.1) is 11.2 Å². The van der Waals surface area contributed by atoms with E-state index in [1.807, 2.05) is 0 Å². The molecule has 0 bridgehead atoms. The molecule has 32 heavy (non-hydrogen) atoms. The molecule has 6 rings (SSSR count). The minimum absolute atomic E-state index is 0.358. The van der Waals surface area contributed by atoms with E-state index < -0.39 is 0 Å². The summed E-state index contributed by atoms with van der Waals surface area (Å²) in [6.07, 6.45) is 0. The summed E-state index contributed by atoms with van der Waals surface area (Å²) < 4.78 is 18.9. The molecule has 4 aromatic carbocycles. The average molecular weight is 420 g/mol. The fourth-order valence-electron chi connectivity index (χ4n) is 4.53. The van der Waals surface area contributed by atoms with Gasteiger partial charge in [0, 0.05) is 16.2 Å². The Balaban J connectivity index is 1.43. The third-order valence-corrected chi connectivity index (χ3v) is 7.11. The maximum Gasteiger partial charge on any atom is 0.494 e. The van der Waals surface area contributed by atoms with Gasteiger partial charge >= 0.3 is 7.12 Å².